The van der Waals surface area contributed by atoms with Crippen molar-refractivity contribution >= 4 is 17.5 Å². The summed E-state index contributed by atoms with van der Waals surface area (Å²) >= 11 is 1.75. The lowest BCUT2D eigenvalue weighted by atomic mass is 10.1. The summed E-state index contributed by atoms with van der Waals surface area (Å²) in [5.41, 5.74) is 0.828. The summed E-state index contributed by atoms with van der Waals surface area (Å²) in [7, 11) is 0. The topological polar surface area (TPSA) is 17.1 Å². The van der Waals surface area contributed by atoms with Crippen LogP contribution in [0.5, 0.6) is 0 Å². The highest BCUT2D eigenvalue weighted by molar-refractivity contribution is 8.00. The molecule has 1 unspecified atom stereocenters. The molecule has 0 aliphatic heterocycles. The first kappa shape index (κ1) is 12.3. The van der Waals surface area contributed by atoms with Gasteiger partial charge in [-0.05, 0) is 19.1 Å². The lowest BCUT2D eigenvalue weighted by Gasteiger charge is -2.09. The molecular weight excluding hydrogens is 204 g/mol. The number of hydrogen-bond donors (Lipinski definition) is 0. The molecule has 0 saturated carbocycles. The van der Waals surface area contributed by atoms with Gasteiger partial charge in [-0.2, -0.15) is 11.8 Å². The number of thioether (sulfide) groups is 1. The Balaban J connectivity index is 2.46. The summed E-state index contributed by atoms with van der Waals surface area (Å²) in [4.78, 5) is 11.9. The fraction of sp³-hybridized carbons (Fsp3) is 0.462. The van der Waals surface area contributed by atoms with Gasteiger partial charge in [0, 0.05) is 5.56 Å². The predicted octanol–water partition coefficient (Wildman–Crippen LogP) is 3.79. The Morgan fingerprint density at radius 1 is 1.33 bits per heavy atom. The summed E-state index contributed by atoms with van der Waals surface area (Å²) in [6.07, 6.45) is 2.39. The Kier molecular flexibility index (Phi) is 5.48. The van der Waals surface area contributed by atoms with Crippen molar-refractivity contribution in [1.29, 1.82) is 0 Å². The van der Waals surface area contributed by atoms with E-state index in [0.29, 0.717) is 0 Å². The van der Waals surface area contributed by atoms with Crippen LogP contribution in [-0.2, 0) is 0 Å². The second-order valence-corrected chi connectivity index (χ2v) is 5.05. The average Bonchev–Trinajstić information content (AvgIpc) is 2.29. The molecule has 1 aromatic rings. The Morgan fingerprint density at radius 2 is 2.00 bits per heavy atom. The zero-order valence-electron chi connectivity index (χ0n) is 9.40. The number of ketones is 1. The van der Waals surface area contributed by atoms with Crippen LogP contribution in [0.15, 0.2) is 30.3 Å². The number of Topliss-reactive ketones (excluding diaryl/α,β-unsaturated/α-hetero) is 1. The quantitative estimate of drug-likeness (QED) is 0.538. The third-order valence-electron chi connectivity index (χ3n) is 2.29. The predicted molar refractivity (Wildman–Crippen MR) is 67.6 cm³/mol. The van der Waals surface area contributed by atoms with Gasteiger partial charge in [-0.3, -0.25) is 4.79 Å². The van der Waals surface area contributed by atoms with Crippen LogP contribution in [0.1, 0.15) is 37.0 Å². The highest BCUT2D eigenvalue weighted by atomic mass is 32.2. The third kappa shape index (κ3) is 4.08. The second-order valence-electron chi connectivity index (χ2n) is 3.60. The molecule has 0 saturated heterocycles. The minimum absolute atomic E-state index is 0.0824. The summed E-state index contributed by atoms with van der Waals surface area (Å²) in [6.45, 7) is 4.17. The van der Waals surface area contributed by atoms with Crippen molar-refractivity contribution in [3.05, 3.63) is 35.9 Å². The van der Waals surface area contributed by atoms with E-state index in [2.05, 4.69) is 6.92 Å². The first-order valence-electron chi connectivity index (χ1n) is 5.46. The van der Waals surface area contributed by atoms with E-state index < -0.39 is 0 Å². The molecule has 0 N–H and O–H groups in total. The van der Waals surface area contributed by atoms with Crippen molar-refractivity contribution in [3.8, 4) is 0 Å². The molecule has 82 valence electrons. The highest BCUT2D eigenvalue weighted by Gasteiger charge is 2.14. The van der Waals surface area contributed by atoms with Gasteiger partial charge in [0.1, 0.15) is 0 Å². The van der Waals surface area contributed by atoms with Gasteiger partial charge in [0.15, 0.2) is 5.78 Å². The van der Waals surface area contributed by atoms with Crippen molar-refractivity contribution in [2.45, 2.75) is 31.9 Å². The Labute approximate surface area is 96.3 Å². The van der Waals surface area contributed by atoms with Crippen molar-refractivity contribution in [1.82, 2.24) is 0 Å². The van der Waals surface area contributed by atoms with Crippen LogP contribution in [0, 0.1) is 0 Å². The van der Waals surface area contributed by atoms with Crippen LogP contribution in [0.4, 0.5) is 0 Å². The van der Waals surface area contributed by atoms with E-state index in [9.17, 15) is 4.79 Å². The first-order valence-corrected chi connectivity index (χ1v) is 6.51. The molecule has 0 aromatic heterocycles. The summed E-state index contributed by atoms with van der Waals surface area (Å²) in [5, 5.41) is 0.0824. The Hall–Kier alpha value is -0.760. The molecule has 0 bridgehead atoms. The fourth-order valence-electron chi connectivity index (χ4n) is 1.32. The maximum absolute atomic E-state index is 11.9. The average molecular weight is 222 g/mol. The molecule has 0 fully saturated rings. The first-order chi connectivity index (χ1) is 7.25. The van der Waals surface area contributed by atoms with Gasteiger partial charge in [0.25, 0.3) is 0 Å². The van der Waals surface area contributed by atoms with Crippen LogP contribution < -0.4 is 0 Å². The molecule has 0 aliphatic rings. The lowest BCUT2D eigenvalue weighted by Crippen LogP contribution is -2.13. The Morgan fingerprint density at radius 3 is 2.60 bits per heavy atom. The molecule has 0 amide bonds. The minimum Gasteiger partial charge on any atom is -0.293 e. The van der Waals surface area contributed by atoms with E-state index in [1.165, 1.54) is 12.8 Å². The molecule has 1 rings (SSSR count). The number of unbranched alkanes of at least 4 members (excludes halogenated alkanes) is 1. The third-order valence-corrected chi connectivity index (χ3v) is 3.53. The van der Waals surface area contributed by atoms with Gasteiger partial charge in [0.2, 0.25) is 0 Å². The van der Waals surface area contributed by atoms with Crippen molar-refractivity contribution in [2.24, 2.45) is 0 Å². The normalized spacial score (nSPS) is 12.4. The van der Waals surface area contributed by atoms with Gasteiger partial charge < -0.3 is 0 Å². The molecule has 2 heteroatoms. The van der Waals surface area contributed by atoms with Crippen LogP contribution in [0.25, 0.3) is 0 Å². The molecule has 0 spiro atoms. The van der Waals surface area contributed by atoms with Gasteiger partial charge >= 0.3 is 0 Å². The molecule has 15 heavy (non-hydrogen) atoms. The van der Waals surface area contributed by atoms with Crippen molar-refractivity contribution < 1.29 is 4.79 Å². The zero-order valence-corrected chi connectivity index (χ0v) is 10.2. The summed E-state index contributed by atoms with van der Waals surface area (Å²) < 4.78 is 0. The van der Waals surface area contributed by atoms with E-state index in [1.54, 1.807) is 11.8 Å². The number of benzene rings is 1. The second kappa shape index (κ2) is 6.67. The van der Waals surface area contributed by atoms with Crippen LogP contribution >= 0.6 is 11.8 Å². The van der Waals surface area contributed by atoms with E-state index in [1.807, 2.05) is 37.3 Å². The molecule has 0 heterocycles. The van der Waals surface area contributed by atoms with Gasteiger partial charge in [-0.25, -0.2) is 0 Å². The SMILES string of the molecule is CCCCSC(C)C(=O)c1ccccc1. The van der Waals surface area contributed by atoms with E-state index in [-0.39, 0.29) is 11.0 Å². The standard InChI is InChI=1S/C13H18OS/c1-3-4-10-15-11(2)13(14)12-8-6-5-7-9-12/h5-9,11H,3-4,10H2,1-2H3. The molecule has 1 aromatic carbocycles. The van der Waals surface area contributed by atoms with Crippen molar-refractivity contribution in [2.75, 3.05) is 5.75 Å². The van der Waals surface area contributed by atoms with Crippen molar-refractivity contribution in [3.63, 3.8) is 0 Å². The molecular formula is C13H18OS. The number of carbonyl (C=O) groups is 1. The molecule has 1 nitrogen and oxygen atoms in total. The van der Waals surface area contributed by atoms with E-state index >= 15 is 0 Å². The molecule has 0 radical (unpaired) electrons. The van der Waals surface area contributed by atoms with Gasteiger partial charge in [-0.15, -0.1) is 0 Å². The lowest BCUT2D eigenvalue weighted by molar-refractivity contribution is 0.0994. The van der Waals surface area contributed by atoms with Crippen LogP contribution in [0.2, 0.25) is 0 Å². The van der Waals surface area contributed by atoms with Gasteiger partial charge in [-0.1, -0.05) is 43.7 Å². The highest BCUT2D eigenvalue weighted by Crippen LogP contribution is 2.17. The smallest absolute Gasteiger partial charge is 0.175 e. The van der Waals surface area contributed by atoms with E-state index in [4.69, 9.17) is 0 Å². The molecule has 0 aliphatic carbocycles. The van der Waals surface area contributed by atoms with E-state index in [0.717, 1.165) is 11.3 Å². The van der Waals surface area contributed by atoms with Gasteiger partial charge in [0.05, 0.1) is 5.25 Å². The minimum atomic E-state index is 0.0824. The summed E-state index contributed by atoms with van der Waals surface area (Å²) in [6, 6.07) is 9.54. The number of carbonyl (C=O) groups excluding carboxylic acids is 1. The Bertz CT molecular complexity index is 295. The maximum Gasteiger partial charge on any atom is 0.175 e. The number of hydrogen-bond acceptors (Lipinski definition) is 2. The van der Waals surface area contributed by atoms with Crippen LogP contribution in [-0.4, -0.2) is 16.8 Å². The fourth-order valence-corrected chi connectivity index (χ4v) is 2.41. The maximum atomic E-state index is 11.9. The largest absolute Gasteiger partial charge is 0.293 e. The summed E-state index contributed by atoms with van der Waals surface area (Å²) in [5.74, 6) is 1.33. The van der Waals surface area contributed by atoms with Crippen LogP contribution in [0.3, 0.4) is 0 Å². The zero-order chi connectivity index (χ0) is 11.1. The molecule has 1 atom stereocenters. The number of rotatable bonds is 6. The monoisotopic (exact) mass is 222 g/mol.